The van der Waals surface area contributed by atoms with Gasteiger partial charge < -0.3 is 19.9 Å². The lowest BCUT2D eigenvalue weighted by Crippen LogP contribution is -2.30. The Morgan fingerprint density at radius 1 is 1.17 bits per heavy atom. The van der Waals surface area contributed by atoms with Gasteiger partial charge in [-0.15, -0.1) is 0 Å². The molecule has 0 unspecified atom stereocenters. The Morgan fingerprint density at radius 3 is 2.54 bits per heavy atom. The van der Waals surface area contributed by atoms with E-state index in [9.17, 15) is 14.7 Å². The number of methoxy groups -OCH3 is 1. The number of hydrogen-bond donors (Lipinski definition) is 2. The first-order valence-electron chi connectivity index (χ1n) is 7.37. The second kappa shape index (κ2) is 7.50. The van der Waals surface area contributed by atoms with Crippen LogP contribution in [0.1, 0.15) is 22.8 Å². The Balaban J connectivity index is 2.06. The lowest BCUT2D eigenvalue weighted by atomic mass is 10.2. The molecule has 0 saturated carbocycles. The van der Waals surface area contributed by atoms with Crippen molar-refractivity contribution in [2.24, 2.45) is 0 Å². The molecule has 0 heterocycles. The number of ether oxygens (including phenoxy) is 2. The number of esters is 1. The Bertz CT molecular complexity index is 757. The maximum absolute atomic E-state index is 12.2. The van der Waals surface area contributed by atoms with Crippen molar-refractivity contribution in [3.05, 3.63) is 53.6 Å². The van der Waals surface area contributed by atoms with Crippen molar-refractivity contribution < 1.29 is 24.2 Å². The average Bonchev–Trinajstić information content (AvgIpc) is 2.57. The summed E-state index contributed by atoms with van der Waals surface area (Å²) in [5.41, 5.74) is 1.48. The van der Waals surface area contributed by atoms with E-state index in [-0.39, 0.29) is 11.3 Å². The summed E-state index contributed by atoms with van der Waals surface area (Å²) in [5.74, 6) is -1.11. The number of phenols is 1. The molecule has 0 bridgehead atoms. The highest BCUT2D eigenvalue weighted by Gasteiger charge is 2.22. The normalized spacial score (nSPS) is 11.5. The molecule has 2 rings (SSSR count). The maximum Gasteiger partial charge on any atom is 0.342 e. The van der Waals surface area contributed by atoms with Crippen LogP contribution in [0.4, 0.5) is 5.69 Å². The molecule has 6 heteroatoms. The second-order valence-corrected chi connectivity index (χ2v) is 5.23. The molecule has 0 aliphatic carbocycles. The molecule has 24 heavy (non-hydrogen) atoms. The zero-order valence-corrected chi connectivity index (χ0v) is 13.7. The molecule has 2 aromatic carbocycles. The minimum Gasteiger partial charge on any atom is -0.507 e. The van der Waals surface area contributed by atoms with Crippen molar-refractivity contribution in [2.75, 3.05) is 12.4 Å². The lowest BCUT2D eigenvalue weighted by molar-refractivity contribution is -0.123. The minimum absolute atomic E-state index is 0.0649. The number of para-hydroxylation sites is 1. The summed E-state index contributed by atoms with van der Waals surface area (Å²) in [4.78, 5) is 24.3. The van der Waals surface area contributed by atoms with Crippen molar-refractivity contribution in [3.63, 3.8) is 0 Å². The predicted molar refractivity (Wildman–Crippen MR) is 89.3 cm³/mol. The van der Waals surface area contributed by atoms with Gasteiger partial charge in [0.2, 0.25) is 0 Å². The maximum atomic E-state index is 12.2. The van der Waals surface area contributed by atoms with Crippen molar-refractivity contribution >= 4 is 17.6 Å². The first-order valence-corrected chi connectivity index (χ1v) is 7.37. The molecule has 0 aliphatic heterocycles. The number of amides is 1. The zero-order valence-electron chi connectivity index (χ0n) is 13.7. The summed E-state index contributed by atoms with van der Waals surface area (Å²) >= 11 is 0. The smallest absolute Gasteiger partial charge is 0.342 e. The van der Waals surface area contributed by atoms with Crippen LogP contribution in [-0.4, -0.2) is 30.2 Å². The van der Waals surface area contributed by atoms with E-state index in [4.69, 9.17) is 9.47 Å². The van der Waals surface area contributed by atoms with E-state index in [1.54, 1.807) is 12.1 Å². The largest absolute Gasteiger partial charge is 0.507 e. The molecule has 1 amide bonds. The molecule has 0 saturated heterocycles. The summed E-state index contributed by atoms with van der Waals surface area (Å²) in [5, 5.41) is 12.5. The predicted octanol–water partition coefficient (Wildman–Crippen LogP) is 2.89. The van der Waals surface area contributed by atoms with Crippen molar-refractivity contribution in [1.29, 1.82) is 0 Å². The molecule has 126 valence electrons. The van der Waals surface area contributed by atoms with E-state index in [1.165, 1.54) is 32.2 Å². The summed E-state index contributed by atoms with van der Waals surface area (Å²) in [6, 6.07) is 11.5. The standard InChI is InChI=1S/C18H19NO5/c1-11-6-4-5-7-15(11)19-17(21)12(2)24-18(22)14-10-13(23-3)8-9-16(14)20/h4-10,12,20H,1-3H3,(H,19,21)/t12-/m1/s1. The summed E-state index contributed by atoms with van der Waals surface area (Å²) < 4.78 is 10.1. The third kappa shape index (κ3) is 4.04. The van der Waals surface area contributed by atoms with Crippen LogP contribution in [0.15, 0.2) is 42.5 Å². The Kier molecular flexibility index (Phi) is 5.42. The second-order valence-electron chi connectivity index (χ2n) is 5.23. The van der Waals surface area contributed by atoms with E-state index in [1.807, 2.05) is 19.1 Å². The lowest BCUT2D eigenvalue weighted by Gasteiger charge is -2.15. The third-order valence-electron chi connectivity index (χ3n) is 3.48. The number of anilines is 1. The number of phenolic OH excluding ortho intramolecular Hbond substituents is 1. The fourth-order valence-electron chi connectivity index (χ4n) is 2.03. The highest BCUT2D eigenvalue weighted by Crippen LogP contribution is 2.24. The molecule has 2 aromatic rings. The van der Waals surface area contributed by atoms with Gasteiger partial charge in [-0.05, 0) is 43.7 Å². The van der Waals surface area contributed by atoms with Crippen molar-refractivity contribution in [3.8, 4) is 11.5 Å². The van der Waals surface area contributed by atoms with Gasteiger partial charge in [-0.3, -0.25) is 4.79 Å². The number of carbonyl (C=O) groups is 2. The first kappa shape index (κ1) is 17.3. The number of nitrogens with one attached hydrogen (secondary N) is 1. The summed E-state index contributed by atoms with van der Waals surface area (Å²) in [6.07, 6.45) is -1.03. The fraction of sp³-hybridized carbons (Fsp3) is 0.222. The molecule has 6 nitrogen and oxygen atoms in total. The first-order chi connectivity index (χ1) is 11.4. The SMILES string of the molecule is COc1ccc(O)c(C(=O)O[C@H](C)C(=O)Nc2ccccc2C)c1. The van der Waals surface area contributed by atoms with Crippen molar-refractivity contribution in [1.82, 2.24) is 0 Å². The van der Waals surface area contributed by atoms with Gasteiger partial charge in [0.15, 0.2) is 6.10 Å². The van der Waals surface area contributed by atoms with Gasteiger partial charge in [-0.25, -0.2) is 4.79 Å². The zero-order chi connectivity index (χ0) is 17.7. The van der Waals surface area contributed by atoms with Gasteiger partial charge in [-0.2, -0.15) is 0 Å². The molecule has 0 spiro atoms. The molecule has 0 aromatic heterocycles. The molecular weight excluding hydrogens is 310 g/mol. The molecule has 0 fully saturated rings. The molecule has 0 aliphatic rings. The molecule has 1 atom stereocenters. The summed E-state index contributed by atoms with van der Waals surface area (Å²) in [6.45, 7) is 3.32. The Labute approximate surface area is 140 Å². The van der Waals surface area contributed by atoms with Gasteiger partial charge in [0.1, 0.15) is 17.1 Å². The van der Waals surface area contributed by atoms with Crippen LogP contribution in [0.3, 0.4) is 0 Å². The van der Waals surface area contributed by atoms with Gasteiger partial charge in [0.25, 0.3) is 5.91 Å². The average molecular weight is 329 g/mol. The Hall–Kier alpha value is -3.02. The van der Waals surface area contributed by atoms with Gasteiger partial charge in [0, 0.05) is 5.69 Å². The monoisotopic (exact) mass is 329 g/mol. The number of rotatable bonds is 5. The topological polar surface area (TPSA) is 84.9 Å². The van der Waals surface area contributed by atoms with Gasteiger partial charge >= 0.3 is 5.97 Å². The Morgan fingerprint density at radius 2 is 1.88 bits per heavy atom. The fourth-order valence-corrected chi connectivity index (χ4v) is 2.03. The van der Waals surface area contributed by atoms with Crippen LogP contribution >= 0.6 is 0 Å². The highest BCUT2D eigenvalue weighted by atomic mass is 16.5. The van der Waals surface area contributed by atoms with Gasteiger partial charge in [0.05, 0.1) is 7.11 Å². The number of hydrogen-bond acceptors (Lipinski definition) is 5. The van der Waals surface area contributed by atoms with E-state index in [0.717, 1.165) is 5.56 Å². The van der Waals surface area contributed by atoms with Crippen LogP contribution < -0.4 is 10.1 Å². The highest BCUT2D eigenvalue weighted by molar-refractivity contribution is 5.98. The molecular formula is C18H19NO5. The van der Waals surface area contributed by atoms with E-state index in [2.05, 4.69) is 5.32 Å². The minimum atomic E-state index is -1.03. The van der Waals surface area contributed by atoms with Gasteiger partial charge in [-0.1, -0.05) is 18.2 Å². The van der Waals surface area contributed by atoms with Crippen LogP contribution in [-0.2, 0) is 9.53 Å². The van der Waals surface area contributed by atoms with E-state index in [0.29, 0.717) is 11.4 Å². The van der Waals surface area contributed by atoms with E-state index < -0.39 is 18.0 Å². The number of aryl methyl sites for hydroxylation is 1. The summed E-state index contributed by atoms with van der Waals surface area (Å²) in [7, 11) is 1.44. The quantitative estimate of drug-likeness (QED) is 0.824. The molecule has 2 N–H and O–H groups in total. The molecule has 0 radical (unpaired) electrons. The van der Waals surface area contributed by atoms with Crippen LogP contribution in [0, 0.1) is 6.92 Å². The number of aromatic hydroxyl groups is 1. The number of benzene rings is 2. The van der Waals surface area contributed by atoms with Crippen LogP contribution in [0.2, 0.25) is 0 Å². The third-order valence-corrected chi connectivity index (χ3v) is 3.48. The van der Waals surface area contributed by atoms with Crippen LogP contribution in [0.5, 0.6) is 11.5 Å². The number of carbonyl (C=O) groups excluding carboxylic acids is 2. The van der Waals surface area contributed by atoms with Crippen molar-refractivity contribution in [2.45, 2.75) is 20.0 Å². The van der Waals surface area contributed by atoms with Crippen LogP contribution in [0.25, 0.3) is 0 Å². The van der Waals surface area contributed by atoms with E-state index >= 15 is 0 Å².